The monoisotopic (exact) mass is 276 g/mol. The zero-order valence-electron chi connectivity index (χ0n) is 11.9. The van der Waals surface area contributed by atoms with E-state index in [-0.39, 0.29) is 17.9 Å². The van der Waals surface area contributed by atoms with Gasteiger partial charge in [0.05, 0.1) is 13.2 Å². The Labute approximate surface area is 118 Å². The van der Waals surface area contributed by atoms with E-state index in [0.29, 0.717) is 25.1 Å². The van der Waals surface area contributed by atoms with Gasteiger partial charge in [-0.25, -0.2) is 0 Å². The van der Waals surface area contributed by atoms with Crippen molar-refractivity contribution in [2.24, 2.45) is 0 Å². The average Bonchev–Trinajstić information content (AvgIpc) is 2.79. The van der Waals surface area contributed by atoms with E-state index >= 15 is 0 Å². The van der Waals surface area contributed by atoms with E-state index < -0.39 is 0 Å². The van der Waals surface area contributed by atoms with Gasteiger partial charge in [0.25, 0.3) is 0 Å². The van der Waals surface area contributed by atoms with Crippen LogP contribution in [0, 0.1) is 0 Å². The Kier molecular flexibility index (Phi) is 4.61. The lowest BCUT2D eigenvalue weighted by Gasteiger charge is -2.18. The molecule has 5 nitrogen and oxygen atoms in total. The average molecular weight is 276 g/mol. The number of hydrogen-bond acceptors (Lipinski definition) is 3. The summed E-state index contributed by atoms with van der Waals surface area (Å²) in [6.07, 6.45) is 1.67. The standard InChI is InChI=1S/C15H20N2O3/c1-3-5-14(18)16-11-8-15(19)17(10-11)12-6-4-7-13(9-12)20-2/h4,6-7,9,11H,3,5,8,10H2,1-2H3,(H,16,18). The number of carbonyl (C=O) groups excluding carboxylic acids is 2. The topological polar surface area (TPSA) is 58.6 Å². The maximum atomic E-state index is 12.1. The fourth-order valence-electron chi connectivity index (χ4n) is 2.36. The maximum absolute atomic E-state index is 12.1. The highest BCUT2D eigenvalue weighted by atomic mass is 16.5. The normalized spacial score (nSPS) is 18.2. The van der Waals surface area contributed by atoms with Crippen molar-refractivity contribution < 1.29 is 14.3 Å². The van der Waals surface area contributed by atoms with Gasteiger partial charge in [-0.2, -0.15) is 0 Å². The number of amides is 2. The first-order valence-corrected chi connectivity index (χ1v) is 6.87. The zero-order valence-corrected chi connectivity index (χ0v) is 11.9. The van der Waals surface area contributed by atoms with Gasteiger partial charge in [0.15, 0.2) is 0 Å². The number of benzene rings is 1. The van der Waals surface area contributed by atoms with Crippen LogP contribution >= 0.6 is 0 Å². The highest BCUT2D eigenvalue weighted by Gasteiger charge is 2.31. The van der Waals surface area contributed by atoms with Gasteiger partial charge in [-0.1, -0.05) is 13.0 Å². The Morgan fingerprint density at radius 1 is 1.50 bits per heavy atom. The molecule has 5 heteroatoms. The molecule has 1 aliphatic heterocycles. The second-order valence-electron chi connectivity index (χ2n) is 4.92. The highest BCUT2D eigenvalue weighted by molar-refractivity contribution is 5.97. The van der Waals surface area contributed by atoms with Gasteiger partial charge in [0, 0.05) is 31.1 Å². The van der Waals surface area contributed by atoms with Crippen LogP contribution in [0.15, 0.2) is 24.3 Å². The summed E-state index contributed by atoms with van der Waals surface area (Å²) in [4.78, 5) is 25.3. The van der Waals surface area contributed by atoms with Crippen molar-refractivity contribution in [3.63, 3.8) is 0 Å². The van der Waals surface area contributed by atoms with Gasteiger partial charge in [0.2, 0.25) is 11.8 Å². The smallest absolute Gasteiger partial charge is 0.229 e. The zero-order chi connectivity index (χ0) is 14.5. The van der Waals surface area contributed by atoms with Crippen LogP contribution in [0.4, 0.5) is 5.69 Å². The van der Waals surface area contributed by atoms with Crippen LogP contribution in [0.2, 0.25) is 0 Å². The van der Waals surface area contributed by atoms with Crippen LogP contribution in [0.25, 0.3) is 0 Å². The third kappa shape index (κ3) is 3.29. The number of nitrogens with zero attached hydrogens (tertiary/aromatic N) is 1. The van der Waals surface area contributed by atoms with Crippen molar-refractivity contribution in [3.8, 4) is 5.75 Å². The predicted octanol–water partition coefficient (Wildman–Crippen LogP) is 1.72. The SMILES string of the molecule is CCCC(=O)NC1CC(=O)N(c2cccc(OC)c2)C1. The van der Waals surface area contributed by atoms with Crippen molar-refractivity contribution >= 4 is 17.5 Å². The van der Waals surface area contributed by atoms with Crippen molar-refractivity contribution in [2.45, 2.75) is 32.2 Å². The third-order valence-electron chi connectivity index (χ3n) is 3.33. The summed E-state index contributed by atoms with van der Waals surface area (Å²) in [7, 11) is 1.60. The summed E-state index contributed by atoms with van der Waals surface area (Å²) in [5.41, 5.74) is 0.807. The first-order chi connectivity index (χ1) is 9.63. The minimum Gasteiger partial charge on any atom is -0.497 e. The van der Waals surface area contributed by atoms with E-state index in [4.69, 9.17) is 4.74 Å². The van der Waals surface area contributed by atoms with Gasteiger partial charge in [-0.15, -0.1) is 0 Å². The van der Waals surface area contributed by atoms with Crippen LogP contribution in [0.5, 0.6) is 5.75 Å². The number of hydrogen-bond donors (Lipinski definition) is 1. The molecule has 108 valence electrons. The summed E-state index contributed by atoms with van der Waals surface area (Å²) in [6.45, 7) is 2.48. The van der Waals surface area contributed by atoms with E-state index in [2.05, 4.69) is 5.32 Å². The number of methoxy groups -OCH3 is 1. The van der Waals surface area contributed by atoms with Crippen LogP contribution < -0.4 is 15.0 Å². The number of carbonyl (C=O) groups is 2. The molecule has 0 saturated carbocycles. The molecule has 1 atom stereocenters. The molecule has 1 aliphatic rings. The molecule has 0 aromatic heterocycles. The molecule has 1 aromatic rings. The molecule has 1 saturated heterocycles. The Morgan fingerprint density at radius 2 is 2.30 bits per heavy atom. The summed E-state index contributed by atoms with van der Waals surface area (Å²) in [5, 5.41) is 2.91. The highest BCUT2D eigenvalue weighted by Crippen LogP contribution is 2.25. The van der Waals surface area contributed by atoms with E-state index in [0.717, 1.165) is 12.1 Å². The first kappa shape index (κ1) is 14.4. The van der Waals surface area contributed by atoms with Gasteiger partial charge in [-0.05, 0) is 18.6 Å². The predicted molar refractivity (Wildman–Crippen MR) is 76.8 cm³/mol. The molecule has 20 heavy (non-hydrogen) atoms. The molecule has 2 amide bonds. The lowest BCUT2D eigenvalue weighted by molar-refractivity contribution is -0.121. The number of anilines is 1. The lowest BCUT2D eigenvalue weighted by atomic mass is 10.2. The molecule has 0 aliphatic carbocycles. The summed E-state index contributed by atoms with van der Waals surface area (Å²) in [6, 6.07) is 7.28. The number of nitrogens with one attached hydrogen (secondary N) is 1. The largest absolute Gasteiger partial charge is 0.497 e. The lowest BCUT2D eigenvalue weighted by Crippen LogP contribution is -2.36. The minimum absolute atomic E-state index is 0.0118. The summed E-state index contributed by atoms with van der Waals surface area (Å²) in [5.74, 6) is 0.756. The van der Waals surface area contributed by atoms with Crippen molar-refractivity contribution in [2.75, 3.05) is 18.6 Å². The Hall–Kier alpha value is -2.04. The fraction of sp³-hybridized carbons (Fsp3) is 0.467. The van der Waals surface area contributed by atoms with E-state index in [1.165, 1.54) is 0 Å². The maximum Gasteiger partial charge on any atom is 0.229 e. The number of rotatable bonds is 5. The summed E-state index contributed by atoms with van der Waals surface area (Å²) >= 11 is 0. The molecule has 0 spiro atoms. The van der Waals surface area contributed by atoms with Gasteiger partial charge < -0.3 is 15.0 Å². The van der Waals surface area contributed by atoms with Crippen molar-refractivity contribution in [3.05, 3.63) is 24.3 Å². The second kappa shape index (κ2) is 6.41. The van der Waals surface area contributed by atoms with Crippen molar-refractivity contribution in [1.29, 1.82) is 0 Å². The molecule has 0 radical (unpaired) electrons. The quantitative estimate of drug-likeness (QED) is 0.890. The second-order valence-corrected chi connectivity index (χ2v) is 4.92. The van der Waals surface area contributed by atoms with E-state index in [9.17, 15) is 9.59 Å². The Bertz CT molecular complexity index is 502. The van der Waals surface area contributed by atoms with Crippen molar-refractivity contribution in [1.82, 2.24) is 5.32 Å². The van der Waals surface area contributed by atoms with Gasteiger partial charge in [0.1, 0.15) is 5.75 Å². The van der Waals surface area contributed by atoms with Crippen LogP contribution in [0.3, 0.4) is 0 Å². The molecule has 0 bridgehead atoms. The minimum atomic E-state index is -0.104. The molecule has 1 N–H and O–H groups in total. The van der Waals surface area contributed by atoms with Crippen LogP contribution in [-0.4, -0.2) is 31.5 Å². The van der Waals surface area contributed by atoms with E-state index in [1.807, 2.05) is 31.2 Å². The summed E-state index contributed by atoms with van der Waals surface area (Å²) < 4.78 is 5.17. The Morgan fingerprint density at radius 3 is 3.00 bits per heavy atom. The molecular weight excluding hydrogens is 256 g/mol. The van der Waals surface area contributed by atoms with Crippen LogP contribution in [0.1, 0.15) is 26.2 Å². The number of ether oxygens (including phenoxy) is 1. The fourth-order valence-corrected chi connectivity index (χ4v) is 2.36. The molecule has 1 unspecified atom stereocenters. The van der Waals surface area contributed by atoms with Crippen LogP contribution in [-0.2, 0) is 9.59 Å². The third-order valence-corrected chi connectivity index (χ3v) is 3.33. The molecule has 1 fully saturated rings. The van der Waals surface area contributed by atoms with Gasteiger partial charge >= 0.3 is 0 Å². The van der Waals surface area contributed by atoms with Gasteiger partial charge in [-0.3, -0.25) is 9.59 Å². The molecule has 1 heterocycles. The molecular formula is C15H20N2O3. The first-order valence-electron chi connectivity index (χ1n) is 6.87. The Balaban J connectivity index is 2.03. The molecule has 2 rings (SSSR count). The molecule has 1 aromatic carbocycles. The van der Waals surface area contributed by atoms with E-state index in [1.54, 1.807) is 12.0 Å².